The van der Waals surface area contributed by atoms with Crippen LogP contribution in [0, 0.1) is 0 Å². The summed E-state index contributed by atoms with van der Waals surface area (Å²) < 4.78 is 11.3. The van der Waals surface area contributed by atoms with Gasteiger partial charge in [-0.2, -0.15) is 0 Å². The Morgan fingerprint density at radius 2 is 0.870 bits per heavy atom. The molecule has 2 aromatic rings. The molecule has 0 bridgehead atoms. The molecule has 0 aliphatic rings. The molecule has 0 N–H and O–H groups in total. The minimum absolute atomic E-state index is 0.157. The summed E-state index contributed by atoms with van der Waals surface area (Å²) in [5, 5.41) is 0. The molecule has 0 aliphatic carbocycles. The normalized spacial score (nSPS) is 11.9. The van der Waals surface area contributed by atoms with Crippen LogP contribution >= 0.6 is 0 Å². The van der Waals surface area contributed by atoms with E-state index in [-0.39, 0.29) is 18.5 Å². The maximum atomic E-state index is 5.65. The zero-order valence-electron chi connectivity index (χ0n) is 15.1. The van der Waals surface area contributed by atoms with E-state index in [1.165, 1.54) is 11.1 Å². The first-order chi connectivity index (χ1) is 10.7. The van der Waals surface area contributed by atoms with Crippen LogP contribution in [0.2, 0.25) is 0 Å². The van der Waals surface area contributed by atoms with Gasteiger partial charge >= 0.3 is 7.69 Å². The van der Waals surface area contributed by atoms with Crippen LogP contribution in [0.25, 0.3) is 0 Å². The van der Waals surface area contributed by atoms with E-state index in [2.05, 4.69) is 65.8 Å². The maximum absolute atomic E-state index is 5.65. The smallest absolute Gasteiger partial charge is 0.529 e. The lowest BCUT2D eigenvalue weighted by Gasteiger charge is -2.19. The molecule has 0 heterocycles. The van der Waals surface area contributed by atoms with Crippen LogP contribution in [0.5, 0.6) is 11.5 Å². The number of hydrogen-bond acceptors (Lipinski definition) is 2. The molecule has 0 spiro atoms. The lowest BCUT2D eigenvalue weighted by molar-refractivity contribution is 0.458. The van der Waals surface area contributed by atoms with Crippen molar-refractivity contribution in [2.24, 2.45) is 0 Å². The standard InChI is InChI=1S/C20H27BO2/c1-19(2,3)15-7-11-17(12-8-15)22-21-23-18-13-9-16(10-14-18)20(4,5)6/h7-14,21H,1-6H3. The Morgan fingerprint density at radius 1 is 0.565 bits per heavy atom. The average molecular weight is 310 g/mol. The minimum Gasteiger partial charge on any atom is -0.529 e. The van der Waals surface area contributed by atoms with Crippen LogP contribution in [0.4, 0.5) is 0 Å². The van der Waals surface area contributed by atoms with Crippen molar-refractivity contribution in [2.75, 3.05) is 0 Å². The van der Waals surface area contributed by atoms with Gasteiger partial charge in [0.2, 0.25) is 0 Å². The number of rotatable bonds is 4. The van der Waals surface area contributed by atoms with Crippen LogP contribution in [0.3, 0.4) is 0 Å². The minimum atomic E-state index is 0.157. The summed E-state index contributed by atoms with van der Waals surface area (Å²) in [5.41, 5.74) is 2.90. The molecule has 2 rings (SSSR count). The molecule has 23 heavy (non-hydrogen) atoms. The Labute approximate surface area is 141 Å². The van der Waals surface area contributed by atoms with Gasteiger partial charge in [-0.1, -0.05) is 65.8 Å². The molecule has 0 aliphatic heterocycles. The highest BCUT2D eigenvalue weighted by Crippen LogP contribution is 2.25. The number of benzene rings is 2. The summed E-state index contributed by atoms with van der Waals surface area (Å²) in [6.45, 7) is 13.2. The monoisotopic (exact) mass is 310 g/mol. The highest BCUT2D eigenvalue weighted by molar-refractivity contribution is 6.20. The fraction of sp³-hybridized carbons (Fsp3) is 0.400. The van der Waals surface area contributed by atoms with E-state index in [0.29, 0.717) is 0 Å². The van der Waals surface area contributed by atoms with E-state index >= 15 is 0 Å². The molecular weight excluding hydrogens is 283 g/mol. The predicted molar refractivity (Wildman–Crippen MR) is 98.7 cm³/mol. The first-order valence-corrected chi connectivity index (χ1v) is 8.13. The van der Waals surface area contributed by atoms with E-state index < -0.39 is 0 Å². The molecule has 0 saturated carbocycles. The van der Waals surface area contributed by atoms with E-state index in [1.54, 1.807) is 0 Å². The molecule has 2 aromatic carbocycles. The molecule has 0 amide bonds. The molecule has 0 unspecified atom stereocenters. The second-order valence-corrected chi connectivity index (χ2v) is 7.96. The van der Waals surface area contributed by atoms with Crippen molar-refractivity contribution in [3.05, 3.63) is 59.7 Å². The highest BCUT2D eigenvalue weighted by atomic mass is 16.6. The van der Waals surface area contributed by atoms with Gasteiger partial charge in [-0.15, -0.1) is 0 Å². The van der Waals surface area contributed by atoms with Gasteiger partial charge in [-0.3, -0.25) is 0 Å². The summed E-state index contributed by atoms with van der Waals surface area (Å²) >= 11 is 0. The van der Waals surface area contributed by atoms with Gasteiger partial charge < -0.3 is 9.31 Å². The fourth-order valence-electron chi connectivity index (χ4n) is 2.27. The topological polar surface area (TPSA) is 18.5 Å². The van der Waals surface area contributed by atoms with Gasteiger partial charge in [-0.05, 0) is 46.2 Å². The summed E-state index contributed by atoms with van der Waals surface area (Å²) in [7, 11) is 0.212. The molecule has 0 saturated heterocycles. The molecule has 0 aromatic heterocycles. The van der Waals surface area contributed by atoms with Crippen molar-refractivity contribution in [3.8, 4) is 11.5 Å². The second-order valence-electron chi connectivity index (χ2n) is 7.96. The Hall–Kier alpha value is -1.90. The van der Waals surface area contributed by atoms with Crippen LogP contribution in [-0.2, 0) is 10.8 Å². The van der Waals surface area contributed by atoms with E-state index in [4.69, 9.17) is 9.31 Å². The van der Waals surface area contributed by atoms with Crippen LogP contribution in [-0.4, -0.2) is 7.69 Å². The zero-order chi connectivity index (χ0) is 17.1. The predicted octanol–water partition coefficient (Wildman–Crippen LogP) is 5.01. The largest absolute Gasteiger partial charge is 0.576 e. The SMILES string of the molecule is CC(C)(C)c1ccc(OBOc2ccc(C(C)(C)C)cc2)cc1. The highest BCUT2D eigenvalue weighted by Gasteiger charge is 2.14. The lowest BCUT2D eigenvalue weighted by Crippen LogP contribution is -2.13. The third kappa shape index (κ3) is 5.06. The van der Waals surface area contributed by atoms with E-state index in [0.717, 1.165) is 11.5 Å². The molecule has 2 nitrogen and oxygen atoms in total. The third-order valence-electron chi connectivity index (χ3n) is 3.89. The van der Waals surface area contributed by atoms with Crippen molar-refractivity contribution in [2.45, 2.75) is 52.4 Å². The second kappa shape index (κ2) is 6.70. The van der Waals surface area contributed by atoms with Crippen molar-refractivity contribution >= 4 is 7.69 Å². The number of hydrogen-bond donors (Lipinski definition) is 0. The maximum Gasteiger partial charge on any atom is 0.576 e. The van der Waals surface area contributed by atoms with Crippen LogP contribution in [0.15, 0.2) is 48.5 Å². The van der Waals surface area contributed by atoms with Crippen molar-refractivity contribution in [3.63, 3.8) is 0 Å². The first kappa shape index (κ1) is 17.5. The van der Waals surface area contributed by atoms with E-state index in [1.807, 2.05) is 24.3 Å². The summed E-state index contributed by atoms with van der Waals surface area (Å²) in [4.78, 5) is 0. The summed E-state index contributed by atoms with van der Waals surface area (Å²) in [6, 6.07) is 16.4. The zero-order valence-corrected chi connectivity index (χ0v) is 15.1. The van der Waals surface area contributed by atoms with E-state index in [9.17, 15) is 0 Å². The van der Waals surface area contributed by atoms with Crippen LogP contribution in [0.1, 0.15) is 52.7 Å². The Morgan fingerprint density at radius 3 is 1.13 bits per heavy atom. The Bertz CT molecular complexity index is 559. The van der Waals surface area contributed by atoms with Crippen molar-refractivity contribution in [1.82, 2.24) is 0 Å². The molecular formula is C20H27BO2. The van der Waals surface area contributed by atoms with Gasteiger partial charge in [0.15, 0.2) is 0 Å². The van der Waals surface area contributed by atoms with Gasteiger partial charge in [0.05, 0.1) is 0 Å². The van der Waals surface area contributed by atoms with Crippen molar-refractivity contribution in [1.29, 1.82) is 0 Å². The Kier molecular flexibility index (Phi) is 5.08. The summed E-state index contributed by atoms with van der Waals surface area (Å²) in [5.74, 6) is 1.65. The van der Waals surface area contributed by atoms with Gasteiger partial charge in [-0.25, -0.2) is 0 Å². The molecule has 122 valence electrons. The lowest BCUT2D eigenvalue weighted by atomic mass is 9.87. The first-order valence-electron chi connectivity index (χ1n) is 8.13. The quantitative estimate of drug-likeness (QED) is 0.739. The van der Waals surface area contributed by atoms with Gasteiger partial charge in [0.25, 0.3) is 0 Å². The third-order valence-corrected chi connectivity index (χ3v) is 3.89. The fourth-order valence-corrected chi connectivity index (χ4v) is 2.27. The van der Waals surface area contributed by atoms with Gasteiger partial charge in [0, 0.05) is 0 Å². The molecule has 0 radical (unpaired) electrons. The van der Waals surface area contributed by atoms with Crippen LogP contribution < -0.4 is 9.31 Å². The summed E-state index contributed by atoms with van der Waals surface area (Å²) in [6.07, 6.45) is 0. The molecule has 3 heteroatoms. The van der Waals surface area contributed by atoms with Crippen molar-refractivity contribution < 1.29 is 9.31 Å². The molecule has 0 atom stereocenters. The Balaban J connectivity index is 1.87. The average Bonchev–Trinajstić information content (AvgIpc) is 2.46. The van der Waals surface area contributed by atoms with Gasteiger partial charge in [0.1, 0.15) is 11.5 Å². The molecule has 0 fully saturated rings.